The Bertz CT molecular complexity index is 1490. The van der Waals surface area contributed by atoms with Crippen LogP contribution in [0.25, 0.3) is 11.0 Å². The van der Waals surface area contributed by atoms with E-state index in [1.54, 1.807) is 29.5 Å². The van der Waals surface area contributed by atoms with Crippen LogP contribution in [0.1, 0.15) is 35.2 Å². The lowest BCUT2D eigenvalue weighted by Gasteiger charge is -2.28. The number of anilines is 2. The number of thiophene rings is 1. The zero-order chi connectivity index (χ0) is 22.5. The molecule has 6 rings (SSSR count). The summed E-state index contributed by atoms with van der Waals surface area (Å²) in [5, 5.41) is 9.83. The molecule has 2 atom stereocenters. The number of hydrogen-bond acceptors (Lipinski definition) is 6. The van der Waals surface area contributed by atoms with E-state index in [1.165, 1.54) is 11.1 Å². The van der Waals surface area contributed by atoms with Crippen LogP contribution in [-0.4, -0.2) is 5.78 Å². The number of allylic oxidation sites excluding steroid dienone is 1. The summed E-state index contributed by atoms with van der Waals surface area (Å²) >= 11 is 7.82. The highest BCUT2D eigenvalue weighted by Gasteiger charge is 2.37. The zero-order valence-electron chi connectivity index (χ0n) is 17.4. The van der Waals surface area contributed by atoms with Crippen molar-refractivity contribution in [3.8, 4) is 0 Å². The van der Waals surface area contributed by atoms with E-state index in [2.05, 4.69) is 16.7 Å². The number of carbonyl (C=O) groups excluding carboxylic acids is 1. The van der Waals surface area contributed by atoms with Gasteiger partial charge in [-0.05, 0) is 48.2 Å². The van der Waals surface area contributed by atoms with Gasteiger partial charge in [-0.1, -0.05) is 29.8 Å². The third kappa shape index (κ3) is 3.46. The number of ketones is 1. The molecule has 2 aliphatic rings. The van der Waals surface area contributed by atoms with Crippen LogP contribution < -0.4 is 16.1 Å². The van der Waals surface area contributed by atoms with Gasteiger partial charge < -0.3 is 15.1 Å². The number of hydrogen-bond donors (Lipinski definition) is 2. The average Bonchev–Trinajstić information content (AvgIpc) is 3.29. The minimum atomic E-state index is -0.632. The van der Waals surface area contributed by atoms with Crippen molar-refractivity contribution in [1.82, 2.24) is 0 Å². The van der Waals surface area contributed by atoms with E-state index >= 15 is 0 Å². The largest absolute Gasteiger partial charge is 0.464 e. The molecule has 0 bridgehead atoms. The molecule has 2 aromatic carbocycles. The Morgan fingerprint density at radius 2 is 1.85 bits per heavy atom. The van der Waals surface area contributed by atoms with Gasteiger partial charge in [-0.15, -0.1) is 11.3 Å². The van der Waals surface area contributed by atoms with Crippen molar-refractivity contribution in [3.63, 3.8) is 0 Å². The van der Waals surface area contributed by atoms with Gasteiger partial charge in [0.2, 0.25) is 0 Å². The fourth-order valence-corrected chi connectivity index (χ4v) is 5.77. The highest BCUT2D eigenvalue weighted by molar-refractivity contribution is 7.10. The molecule has 1 aliphatic heterocycles. The number of nitrogens with one attached hydrogen (secondary N) is 2. The number of para-hydroxylation sites is 2. The highest BCUT2D eigenvalue weighted by atomic mass is 35.5. The van der Waals surface area contributed by atoms with Crippen LogP contribution in [-0.2, 0) is 4.79 Å². The second-order valence-electron chi connectivity index (χ2n) is 8.34. The number of rotatable bonds is 2. The van der Waals surface area contributed by atoms with Crippen molar-refractivity contribution >= 4 is 51.1 Å². The maximum atomic E-state index is 13.6. The Morgan fingerprint density at radius 3 is 2.67 bits per heavy atom. The van der Waals surface area contributed by atoms with Crippen LogP contribution in [0.4, 0.5) is 11.4 Å². The van der Waals surface area contributed by atoms with Gasteiger partial charge in [0.05, 0.1) is 28.4 Å². The van der Waals surface area contributed by atoms with Gasteiger partial charge in [-0.3, -0.25) is 9.59 Å². The zero-order valence-corrected chi connectivity index (χ0v) is 19.0. The Kier molecular flexibility index (Phi) is 4.85. The van der Waals surface area contributed by atoms with Gasteiger partial charge in [0.1, 0.15) is 11.8 Å². The first-order chi connectivity index (χ1) is 16.1. The molecular formula is C26H19ClN2O3S. The van der Waals surface area contributed by atoms with E-state index in [-0.39, 0.29) is 17.1 Å². The second kappa shape index (κ2) is 7.90. The molecule has 0 amide bonds. The molecule has 0 spiro atoms. The fourth-order valence-electron chi connectivity index (χ4n) is 4.77. The molecule has 164 valence electrons. The van der Waals surface area contributed by atoms with Gasteiger partial charge in [-0.2, -0.15) is 0 Å². The number of carbonyl (C=O) groups is 1. The summed E-state index contributed by atoms with van der Waals surface area (Å²) < 4.78 is 5.80. The van der Waals surface area contributed by atoms with Gasteiger partial charge >= 0.3 is 0 Å². The third-order valence-electron chi connectivity index (χ3n) is 6.33. The smallest absolute Gasteiger partial charge is 0.198 e. The van der Waals surface area contributed by atoms with Crippen molar-refractivity contribution in [2.24, 2.45) is 0 Å². The minimum absolute atomic E-state index is 0.0260. The summed E-state index contributed by atoms with van der Waals surface area (Å²) in [6, 6.07) is 16.2. The van der Waals surface area contributed by atoms with Crippen LogP contribution in [0.5, 0.6) is 0 Å². The summed E-state index contributed by atoms with van der Waals surface area (Å²) in [6.45, 7) is 0. The molecule has 33 heavy (non-hydrogen) atoms. The first-order valence-electron chi connectivity index (χ1n) is 10.7. The Balaban J connectivity index is 1.54. The van der Waals surface area contributed by atoms with Crippen LogP contribution >= 0.6 is 22.9 Å². The summed E-state index contributed by atoms with van der Waals surface area (Å²) in [5.74, 6) is 0.138. The summed E-state index contributed by atoms with van der Waals surface area (Å²) in [7, 11) is 0. The third-order valence-corrected chi connectivity index (χ3v) is 7.60. The quantitative estimate of drug-likeness (QED) is 0.347. The Hall–Kier alpha value is -3.35. The van der Waals surface area contributed by atoms with Gasteiger partial charge in [0, 0.05) is 33.5 Å². The first kappa shape index (κ1) is 20.3. The van der Waals surface area contributed by atoms with Crippen molar-refractivity contribution in [3.05, 3.63) is 103 Å². The number of Topliss-reactive ketones (excluding diaryl/α,β-unsaturated/α-hetero) is 1. The van der Waals surface area contributed by atoms with Crippen LogP contribution in [0.3, 0.4) is 0 Å². The van der Waals surface area contributed by atoms with Crippen LogP contribution in [0, 0.1) is 0 Å². The molecule has 0 radical (unpaired) electrons. The molecule has 0 fully saturated rings. The standard InChI is InChI=1S/C26H19ClN2O3S/c27-15-7-8-22-16(12-15)26(31)17(13-32-22)25-24-20(28-18-4-1-2-5-19(18)29-25)10-14(11-21(24)30)23-6-3-9-33-23/h1-9,12-14,25,28-29H,10-11H2/t14-,25-/m0/s1. The molecule has 1 aliphatic carbocycles. The monoisotopic (exact) mass is 474 g/mol. The van der Waals surface area contributed by atoms with E-state index in [1.807, 2.05) is 35.7 Å². The first-order valence-corrected chi connectivity index (χ1v) is 12.0. The van der Waals surface area contributed by atoms with Crippen LogP contribution in [0.2, 0.25) is 5.02 Å². The van der Waals surface area contributed by atoms with Crippen molar-refractivity contribution in [2.45, 2.75) is 24.8 Å². The lowest BCUT2D eigenvalue weighted by atomic mass is 9.81. The average molecular weight is 475 g/mol. The molecular weight excluding hydrogens is 456 g/mol. The van der Waals surface area contributed by atoms with E-state index in [0.717, 1.165) is 17.1 Å². The molecule has 0 unspecified atom stereocenters. The molecule has 0 saturated heterocycles. The maximum absolute atomic E-state index is 13.6. The minimum Gasteiger partial charge on any atom is -0.464 e. The van der Waals surface area contributed by atoms with E-state index in [4.69, 9.17) is 16.0 Å². The normalized spacial score (nSPS) is 20.0. The Morgan fingerprint density at radius 1 is 1.00 bits per heavy atom. The van der Waals surface area contributed by atoms with E-state index in [9.17, 15) is 9.59 Å². The number of fused-ring (bicyclic) bond motifs is 2. The van der Waals surface area contributed by atoms with Crippen molar-refractivity contribution in [1.29, 1.82) is 0 Å². The predicted molar refractivity (Wildman–Crippen MR) is 132 cm³/mol. The van der Waals surface area contributed by atoms with Crippen molar-refractivity contribution < 1.29 is 9.21 Å². The predicted octanol–water partition coefficient (Wildman–Crippen LogP) is 6.49. The molecule has 4 aromatic rings. The highest BCUT2D eigenvalue weighted by Crippen LogP contribution is 2.44. The van der Waals surface area contributed by atoms with Crippen molar-refractivity contribution in [2.75, 3.05) is 10.6 Å². The van der Waals surface area contributed by atoms with Gasteiger partial charge in [0.25, 0.3) is 0 Å². The molecule has 0 saturated carbocycles. The molecule has 2 aromatic heterocycles. The van der Waals surface area contributed by atoms with Crippen LogP contribution in [0.15, 0.2) is 86.7 Å². The fraction of sp³-hybridized carbons (Fsp3) is 0.154. The number of halogens is 1. The van der Waals surface area contributed by atoms with Gasteiger partial charge in [0.15, 0.2) is 11.2 Å². The summed E-state index contributed by atoms with van der Waals surface area (Å²) in [4.78, 5) is 28.3. The maximum Gasteiger partial charge on any atom is 0.198 e. The topological polar surface area (TPSA) is 71.3 Å². The molecule has 7 heteroatoms. The molecule has 2 N–H and O–H groups in total. The van der Waals surface area contributed by atoms with Gasteiger partial charge in [-0.25, -0.2) is 0 Å². The summed E-state index contributed by atoms with van der Waals surface area (Å²) in [5.41, 5.74) is 3.78. The number of benzene rings is 2. The molecule has 3 heterocycles. The lowest BCUT2D eigenvalue weighted by Crippen LogP contribution is -2.29. The lowest BCUT2D eigenvalue weighted by molar-refractivity contribution is -0.116. The summed E-state index contributed by atoms with van der Waals surface area (Å²) in [6.07, 6.45) is 2.56. The van der Waals surface area contributed by atoms with E-state index < -0.39 is 6.04 Å². The molecule has 5 nitrogen and oxygen atoms in total. The SMILES string of the molecule is O=C1C[C@@H](c2cccs2)CC2=C1[C@H](c1coc3ccc(Cl)cc3c1=O)Nc1ccccc1N2. The van der Waals surface area contributed by atoms with E-state index in [0.29, 0.717) is 40.0 Å². The Labute approximate surface area is 198 Å². The second-order valence-corrected chi connectivity index (χ2v) is 9.76.